The van der Waals surface area contributed by atoms with Crippen molar-refractivity contribution in [2.75, 3.05) is 6.54 Å². The number of benzene rings is 1. The summed E-state index contributed by atoms with van der Waals surface area (Å²) in [5.41, 5.74) is 0.671. The molecule has 3 rings (SSSR count). The van der Waals surface area contributed by atoms with Crippen molar-refractivity contribution in [3.8, 4) is 5.75 Å². The second-order valence-electron chi connectivity index (χ2n) is 4.97. The van der Waals surface area contributed by atoms with E-state index in [2.05, 4.69) is 36.8 Å². The smallest absolute Gasteiger partial charge is 0.313 e. The first-order valence-corrected chi connectivity index (χ1v) is 8.53. The van der Waals surface area contributed by atoms with E-state index in [1.807, 2.05) is 0 Å². The number of ether oxygens (including phenoxy) is 1. The molecule has 0 radical (unpaired) electrons. The van der Waals surface area contributed by atoms with E-state index in [9.17, 15) is 14.4 Å². The molecule has 1 aromatic carbocycles. The molecular weight excluding hydrogens is 444 g/mol. The zero-order valence-electron chi connectivity index (χ0n) is 12.2. The van der Waals surface area contributed by atoms with Crippen LogP contribution < -0.4 is 4.74 Å². The van der Waals surface area contributed by atoms with Crippen molar-refractivity contribution in [2.24, 2.45) is 0 Å². The van der Waals surface area contributed by atoms with Gasteiger partial charge in [0.25, 0.3) is 11.8 Å². The number of hydrogen-bond acceptors (Lipinski definition) is 5. The fourth-order valence-electron chi connectivity index (χ4n) is 2.29. The molecule has 122 valence electrons. The number of fused-ring (bicyclic) bond motifs is 1. The zero-order valence-corrected chi connectivity index (χ0v) is 15.3. The van der Waals surface area contributed by atoms with Gasteiger partial charge in [0.1, 0.15) is 4.60 Å². The SMILES string of the molecule is O=C(CCN1C(=O)c2ccc(Br)cc2C1=O)Oc1cccnc1Br. The third kappa shape index (κ3) is 3.25. The Kier molecular flexibility index (Phi) is 4.77. The van der Waals surface area contributed by atoms with Gasteiger partial charge < -0.3 is 4.74 Å². The van der Waals surface area contributed by atoms with Crippen LogP contribution in [0.1, 0.15) is 27.1 Å². The van der Waals surface area contributed by atoms with Crippen molar-refractivity contribution in [1.82, 2.24) is 9.88 Å². The maximum Gasteiger partial charge on any atom is 0.313 e. The highest BCUT2D eigenvalue weighted by Gasteiger charge is 2.35. The second-order valence-corrected chi connectivity index (χ2v) is 6.64. The molecule has 2 aromatic rings. The summed E-state index contributed by atoms with van der Waals surface area (Å²) in [6.45, 7) is -0.0410. The van der Waals surface area contributed by atoms with Gasteiger partial charge in [0, 0.05) is 17.2 Å². The molecule has 2 amide bonds. The van der Waals surface area contributed by atoms with Gasteiger partial charge in [-0.1, -0.05) is 15.9 Å². The number of nitrogens with zero attached hydrogens (tertiary/aromatic N) is 2. The summed E-state index contributed by atoms with van der Waals surface area (Å²) >= 11 is 6.45. The number of amides is 2. The minimum Gasteiger partial charge on any atom is -0.424 e. The monoisotopic (exact) mass is 452 g/mol. The van der Waals surface area contributed by atoms with Gasteiger partial charge in [0.15, 0.2) is 5.75 Å². The third-order valence-corrected chi connectivity index (χ3v) is 4.51. The number of carbonyl (C=O) groups excluding carboxylic acids is 3. The molecule has 6 nitrogen and oxygen atoms in total. The normalized spacial score (nSPS) is 13.2. The number of hydrogen-bond donors (Lipinski definition) is 0. The Morgan fingerprint density at radius 2 is 1.88 bits per heavy atom. The zero-order chi connectivity index (χ0) is 17.3. The fraction of sp³-hybridized carbons (Fsp3) is 0.125. The molecular formula is C16H10Br2N2O4. The van der Waals surface area contributed by atoms with E-state index in [4.69, 9.17) is 4.74 Å². The molecule has 0 fully saturated rings. The number of imide groups is 1. The Hall–Kier alpha value is -2.06. The summed E-state index contributed by atoms with van der Waals surface area (Å²) < 4.78 is 6.29. The van der Waals surface area contributed by atoms with Gasteiger partial charge in [0.05, 0.1) is 17.5 Å². The molecule has 0 aliphatic carbocycles. The highest BCUT2D eigenvalue weighted by molar-refractivity contribution is 9.10. The Balaban J connectivity index is 1.65. The van der Waals surface area contributed by atoms with Gasteiger partial charge >= 0.3 is 5.97 Å². The van der Waals surface area contributed by atoms with Crippen LogP contribution in [-0.2, 0) is 4.79 Å². The first-order valence-electron chi connectivity index (χ1n) is 6.94. The number of esters is 1. The highest BCUT2D eigenvalue weighted by atomic mass is 79.9. The van der Waals surface area contributed by atoms with Gasteiger partial charge in [-0.3, -0.25) is 19.3 Å². The minimum atomic E-state index is -0.554. The Morgan fingerprint density at radius 1 is 1.12 bits per heavy atom. The average molecular weight is 454 g/mol. The Labute approximate surface area is 154 Å². The van der Waals surface area contributed by atoms with Crippen molar-refractivity contribution in [1.29, 1.82) is 0 Å². The molecule has 0 bridgehead atoms. The molecule has 0 unspecified atom stereocenters. The minimum absolute atomic E-state index is 0.0410. The molecule has 0 atom stereocenters. The van der Waals surface area contributed by atoms with Crippen molar-refractivity contribution in [2.45, 2.75) is 6.42 Å². The van der Waals surface area contributed by atoms with Crippen molar-refractivity contribution in [3.05, 3.63) is 56.7 Å². The van der Waals surface area contributed by atoms with E-state index in [1.165, 1.54) is 0 Å². The second kappa shape index (κ2) is 6.82. The lowest BCUT2D eigenvalue weighted by molar-refractivity contribution is -0.134. The number of rotatable bonds is 4. The summed E-state index contributed by atoms with van der Waals surface area (Å²) in [4.78, 5) is 41.5. The Morgan fingerprint density at radius 3 is 2.62 bits per heavy atom. The Bertz CT molecular complexity index is 854. The fourth-order valence-corrected chi connectivity index (χ4v) is 2.98. The molecule has 8 heteroatoms. The lowest BCUT2D eigenvalue weighted by atomic mass is 10.1. The summed E-state index contributed by atoms with van der Waals surface area (Å²) in [6, 6.07) is 8.11. The van der Waals surface area contributed by atoms with Gasteiger partial charge in [-0.25, -0.2) is 4.98 Å². The third-order valence-electron chi connectivity index (χ3n) is 3.42. The van der Waals surface area contributed by atoms with Crippen LogP contribution in [0.15, 0.2) is 45.6 Å². The van der Waals surface area contributed by atoms with Gasteiger partial charge in [-0.15, -0.1) is 0 Å². The predicted molar refractivity (Wildman–Crippen MR) is 91.7 cm³/mol. The number of halogens is 2. The predicted octanol–water partition coefficient (Wildman–Crippen LogP) is 3.20. The number of pyridine rings is 1. The molecule has 0 N–H and O–H groups in total. The average Bonchev–Trinajstić information content (AvgIpc) is 2.78. The van der Waals surface area contributed by atoms with E-state index >= 15 is 0 Å². The summed E-state index contributed by atoms with van der Waals surface area (Å²) in [7, 11) is 0. The van der Waals surface area contributed by atoms with Crippen molar-refractivity contribution in [3.63, 3.8) is 0 Å². The summed E-state index contributed by atoms with van der Waals surface area (Å²) in [6.07, 6.45) is 1.45. The molecule has 1 aliphatic rings. The molecule has 1 aliphatic heterocycles. The van der Waals surface area contributed by atoms with E-state index in [-0.39, 0.29) is 18.7 Å². The van der Waals surface area contributed by atoms with Crippen LogP contribution in [-0.4, -0.2) is 34.2 Å². The summed E-state index contributed by atoms with van der Waals surface area (Å²) in [5, 5.41) is 0. The maximum absolute atomic E-state index is 12.3. The molecule has 0 saturated carbocycles. The van der Waals surface area contributed by atoms with Crippen LogP contribution in [0.4, 0.5) is 0 Å². The van der Waals surface area contributed by atoms with Crippen molar-refractivity contribution < 1.29 is 19.1 Å². The first-order chi connectivity index (χ1) is 11.5. The van der Waals surface area contributed by atoms with Gasteiger partial charge in [-0.05, 0) is 46.3 Å². The topological polar surface area (TPSA) is 76.6 Å². The standard InChI is InChI=1S/C16H10Br2N2O4/c17-9-3-4-10-11(8-9)16(23)20(15(10)22)7-5-13(21)24-12-2-1-6-19-14(12)18/h1-4,6,8H,5,7H2. The van der Waals surface area contributed by atoms with Crippen LogP contribution in [0.3, 0.4) is 0 Å². The molecule has 0 spiro atoms. The van der Waals surface area contributed by atoms with E-state index in [0.29, 0.717) is 20.2 Å². The quantitative estimate of drug-likeness (QED) is 0.403. The number of aromatic nitrogens is 1. The van der Waals surface area contributed by atoms with Gasteiger partial charge in [-0.2, -0.15) is 0 Å². The van der Waals surface area contributed by atoms with Crippen LogP contribution in [0.2, 0.25) is 0 Å². The molecule has 2 heterocycles. The highest BCUT2D eigenvalue weighted by Crippen LogP contribution is 2.26. The molecule has 24 heavy (non-hydrogen) atoms. The van der Waals surface area contributed by atoms with E-state index in [0.717, 1.165) is 4.90 Å². The lowest BCUT2D eigenvalue weighted by Crippen LogP contribution is -2.32. The molecule has 0 saturated heterocycles. The first kappa shape index (κ1) is 16.8. The largest absolute Gasteiger partial charge is 0.424 e. The summed E-state index contributed by atoms with van der Waals surface area (Å²) in [5.74, 6) is -1.08. The van der Waals surface area contributed by atoms with Crippen LogP contribution >= 0.6 is 31.9 Å². The van der Waals surface area contributed by atoms with E-state index < -0.39 is 17.8 Å². The number of carbonyl (C=O) groups is 3. The van der Waals surface area contributed by atoms with E-state index in [1.54, 1.807) is 36.5 Å². The van der Waals surface area contributed by atoms with Crippen LogP contribution in [0.5, 0.6) is 5.75 Å². The maximum atomic E-state index is 12.3. The van der Waals surface area contributed by atoms with Crippen LogP contribution in [0, 0.1) is 0 Å². The molecule has 1 aromatic heterocycles. The van der Waals surface area contributed by atoms with Crippen LogP contribution in [0.25, 0.3) is 0 Å². The van der Waals surface area contributed by atoms with Gasteiger partial charge in [0.2, 0.25) is 0 Å². The van der Waals surface area contributed by atoms with Crippen molar-refractivity contribution >= 4 is 49.6 Å². The lowest BCUT2D eigenvalue weighted by Gasteiger charge is -2.13.